The lowest BCUT2D eigenvalue weighted by Crippen LogP contribution is -2.10. The third-order valence-corrected chi connectivity index (χ3v) is 4.41. The minimum Gasteiger partial charge on any atom is -0.507 e. The summed E-state index contributed by atoms with van der Waals surface area (Å²) in [6.45, 7) is 1.83. The number of aliphatic hydroxyl groups excluding tert-OH is 1. The number of phenolic OH excluding ortho intramolecular Hbond substituents is 1. The van der Waals surface area contributed by atoms with E-state index in [4.69, 9.17) is 9.84 Å². The Labute approximate surface area is 132 Å². The average Bonchev–Trinajstić information content (AvgIpc) is 2.54. The van der Waals surface area contributed by atoms with Gasteiger partial charge in [0.05, 0.1) is 6.61 Å². The molecule has 2 rings (SSSR count). The van der Waals surface area contributed by atoms with Crippen LogP contribution in [0.1, 0.15) is 61.1 Å². The molecule has 4 nitrogen and oxygen atoms in total. The Hall–Kier alpha value is -1.55. The maximum atomic E-state index is 11.5. The van der Waals surface area contributed by atoms with Crippen molar-refractivity contribution in [3.63, 3.8) is 0 Å². The molecular formula is C18H26O4. The maximum absolute atomic E-state index is 11.5. The van der Waals surface area contributed by atoms with Gasteiger partial charge in [0.15, 0.2) is 0 Å². The van der Waals surface area contributed by atoms with E-state index in [0.717, 1.165) is 29.5 Å². The molecule has 4 heteroatoms. The number of aliphatic hydroxyl groups is 1. The van der Waals surface area contributed by atoms with Crippen molar-refractivity contribution < 1.29 is 19.7 Å². The Bertz CT molecular complexity index is 504. The number of aryl methyl sites for hydroxylation is 2. The highest BCUT2D eigenvalue weighted by molar-refractivity contribution is 5.69. The van der Waals surface area contributed by atoms with E-state index in [1.165, 1.54) is 19.3 Å². The highest BCUT2D eigenvalue weighted by Gasteiger charge is 2.20. The minimum atomic E-state index is -0.293. The van der Waals surface area contributed by atoms with Crippen molar-refractivity contribution in [2.75, 3.05) is 13.2 Å². The molecule has 1 fully saturated rings. The molecule has 0 radical (unpaired) electrons. The normalized spacial score (nSPS) is 15.7. The minimum absolute atomic E-state index is 0.0563. The van der Waals surface area contributed by atoms with Crippen LogP contribution in [0.5, 0.6) is 5.75 Å². The molecule has 122 valence electrons. The fourth-order valence-corrected chi connectivity index (χ4v) is 3.23. The molecule has 0 aliphatic heterocycles. The molecule has 0 unspecified atom stereocenters. The zero-order valence-corrected chi connectivity index (χ0v) is 13.3. The van der Waals surface area contributed by atoms with Gasteiger partial charge in [0.2, 0.25) is 0 Å². The van der Waals surface area contributed by atoms with E-state index in [1.54, 1.807) is 0 Å². The van der Waals surface area contributed by atoms with Crippen molar-refractivity contribution >= 4 is 5.97 Å². The molecule has 0 amide bonds. The monoisotopic (exact) mass is 306 g/mol. The van der Waals surface area contributed by atoms with Crippen molar-refractivity contribution in [2.24, 2.45) is 0 Å². The van der Waals surface area contributed by atoms with Gasteiger partial charge in [-0.3, -0.25) is 4.79 Å². The van der Waals surface area contributed by atoms with Gasteiger partial charge in [-0.25, -0.2) is 0 Å². The van der Waals surface area contributed by atoms with Crippen LogP contribution in [-0.2, 0) is 16.0 Å². The lowest BCUT2D eigenvalue weighted by atomic mass is 9.82. The second-order valence-corrected chi connectivity index (χ2v) is 6.13. The third kappa shape index (κ3) is 4.47. The summed E-state index contributed by atoms with van der Waals surface area (Å²) < 4.78 is 4.88. The largest absolute Gasteiger partial charge is 0.507 e. The van der Waals surface area contributed by atoms with Crippen molar-refractivity contribution in [1.29, 1.82) is 0 Å². The number of carbonyl (C=O) groups is 1. The molecule has 1 aliphatic carbocycles. The van der Waals surface area contributed by atoms with E-state index in [9.17, 15) is 9.90 Å². The van der Waals surface area contributed by atoms with Crippen LogP contribution in [0.4, 0.5) is 0 Å². The van der Waals surface area contributed by atoms with Crippen LogP contribution in [0.2, 0.25) is 0 Å². The van der Waals surface area contributed by atoms with Crippen molar-refractivity contribution in [3.05, 3.63) is 28.8 Å². The van der Waals surface area contributed by atoms with Crippen LogP contribution >= 0.6 is 0 Å². The first-order valence-electron chi connectivity index (χ1n) is 8.20. The fourth-order valence-electron chi connectivity index (χ4n) is 3.23. The van der Waals surface area contributed by atoms with Gasteiger partial charge >= 0.3 is 5.97 Å². The van der Waals surface area contributed by atoms with Gasteiger partial charge in [0.25, 0.3) is 0 Å². The molecule has 0 spiro atoms. The Balaban J connectivity index is 2.05. The second-order valence-electron chi connectivity index (χ2n) is 6.13. The SMILES string of the molecule is Cc1cc(CCC(=O)OCCO)cc(C2CCCCC2)c1O. The molecule has 0 atom stereocenters. The molecular weight excluding hydrogens is 280 g/mol. The van der Waals surface area contributed by atoms with Crippen LogP contribution in [0, 0.1) is 6.92 Å². The maximum Gasteiger partial charge on any atom is 0.306 e. The van der Waals surface area contributed by atoms with Crippen LogP contribution in [0.3, 0.4) is 0 Å². The molecule has 1 aromatic rings. The summed E-state index contributed by atoms with van der Waals surface area (Å²) >= 11 is 0. The third-order valence-electron chi connectivity index (χ3n) is 4.41. The van der Waals surface area contributed by atoms with Gasteiger partial charge in [-0.2, -0.15) is 0 Å². The highest BCUT2D eigenvalue weighted by atomic mass is 16.5. The number of hydrogen-bond donors (Lipinski definition) is 2. The summed E-state index contributed by atoms with van der Waals surface area (Å²) in [4.78, 5) is 11.5. The first kappa shape index (κ1) is 16.8. The number of rotatable bonds is 6. The van der Waals surface area contributed by atoms with E-state index in [0.29, 0.717) is 24.5 Å². The Morgan fingerprint density at radius 2 is 2.00 bits per heavy atom. The van der Waals surface area contributed by atoms with Gasteiger partial charge in [0, 0.05) is 6.42 Å². The van der Waals surface area contributed by atoms with Crippen LogP contribution in [-0.4, -0.2) is 29.4 Å². The number of aromatic hydroxyl groups is 1. The smallest absolute Gasteiger partial charge is 0.306 e. The molecule has 0 aromatic heterocycles. The quantitative estimate of drug-likeness (QED) is 0.792. The van der Waals surface area contributed by atoms with Gasteiger partial charge in [-0.1, -0.05) is 31.4 Å². The van der Waals surface area contributed by atoms with Gasteiger partial charge in [-0.05, 0) is 48.8 Å². The summed E-state index contributed by atoms with van der Waals surface area (Å²) in [7, 11) is 0. The Morgan fingerprint density at radius 3 is 2.68 bits per heavy atom. The summed E-state index contributed by atoms with van der Waals surface area (Å²) in [5.41, 5.74) is 2.98. The number of ether oxygens (including phenoxy) is 1. The first-order valence-corrected chi connectivity index (χ1v) is 8.20. The zero-order chi connectivity index (χ0) is 15.9. The van der Waals surface area contributed by atoms with E-state index in [1.807, 2.05) is 13.0 Å². The van der Waals surface area contributed by atoms with Crippen molar-refractivity contribution in [3.8, 4) is 5.75 Å². The summed E-state index contributed by atoms with van der Waals surface area (Å²) in [5.74, 6) is 0.561. The number of esters is 1. The van der Waals surface area contributed by atoms with E-state index < -0.39 is 0 Å². The van der Waals surface area contributed by atoms with E-state index in [2.05, 4.69) is 6.07 Å². The van der Waals surface area contributed by atoms with Gasteiger partial charge in [0.1, 0.15) is 12.4 Å². The average molecular weight is 306 g/mol. The van der Waals surface area contributed by atoms with Crippen molar-refractivity contribution in [2.45, 2.75) is 57.8 Å². The summed E-state index contributed by atoms with van der Waals surface area (Å²) in [6.07, 6.45) is 6.90. The Morgan fingerprint density at radius 1 is 1.27 bits per heavy atom. The van der Waals surface area contributed by atoms with Crippen molar-refractivity contribution in [1.82, 2.24) is 0 Å². The van der Waals surface area contributed by atoms with Crippen LogP contribution in [0.25, 0.3) is 0 Å². The molecule has 22 heavy (non-hydrogen) atoms. The molecule has 1 saturated carbocycles. The molecule has 0 saturated heterocycles. The van der Waals surface area contributed by atoms with Crippen LogP contribution < -0.4 is 0 Å². The number of phenols is 1. The molecule has 1 aliphatic rings. The Kier molecular flexibility index (Phi) is 6.25. The van der Waals surface area contributed by atoms with E-state index in [-0.39, 0.29) is 19.2 Å². The van der Waals surface area contributed by atoms with E-state index >= 15 is 0 Å². The summed E-state index contributed by atoms with van der Waals surface area (Å²) in [5, 5.41) is 19.0. The number of carbonyl (C=O) groups excluding carboxylic acids is 1. The highest BCUT2D eigenvalue weighted by Crippen LogP contribution is 2.39. The zero-order valence-electron chi connectivity index (χ0n) is 13.3. The predicted octanol–water partition coefficient (Wildman–Crippen LogP) is 3.22. The lowest BCUT2D eigenvalue weighted by Gasteiger charge is -2.24. The second kappa shape index (κ2) is 8.18. The van der Waals surface area contributed by atoms with Gasteiger partial charge in [-0.15, -0.1) is 0 Å². The molecule has 1 aromatic carbocycles. The fraction of sp³-hybridized carbons (Fsp3) is 0.611. The van der Waals surface area contributed by atoms with Crippen LogP contribution in [0.15, 0.2) is 12.1 Å². The topological polar surface area (TPSA) is 66.8 Å². The number of benzene rings is 1. The lowest BCUT2D eigenvalue weighted by molar-refractivity contribution is -0.144. The number of hydrogen-bond acceptors (Lipinski definition) is 4. The molecule has 0 bridgehead atoms. The summed E-state index contributed by atoms with van der Waals surface area (Å²) in [6, 6.07) is 4.00. The molecule has 2 N–H and O–H groups in total. The first-order chi connectivity index (χ1) is 10.6. The van der Waals surface area contributed by atoms with Gasteiger partial charge < -0.3 is 14.9 Å². The standard InChI is InChI=1S/C18H26O4/c1-13-11-14(7-8-17(20)22-10-9-19)12-16(18(13)21)15-5-3-2-4-6-15/h11-12,15,19,21H,2-10H2,1H3. The molecule has 0 heterocycles. The predicted molar refractivity (Wildman–Crippen MR) is 85.0 cm³/mol.